The summed E-state index contributed by atoms with van der Waals surface area (Å²) in [7, 11) is 2.11. The van der Waals surface area contributed by atoms with Gasteiger partial charge < -0.3 is 9.47 Å². The summed E-state index contributed by atoms with van der Waals surface area (Å²) in [5.41, 5.74) is 4.34. The Bertz CT molecular complexity index is 1010. The molecule has 1 radical (unpaired) electrons. The van der Waals surface area contributed by atoms with Crippen molar-refractivity contribution in [3.8, 4) is 22.6 Å². The predicted octanol–water partition coefficient (Wildman–Crippen LogP) is 2.32. The van der Waals surface area contributed by atoms with Crippen LogP contribution in [0.3, 0.4) is 0 Å². The SMILES string of the molecule is COc1cc(OC)c2c(c1)-c1cc(C)ccc1[Si]2c1cccc(C=O)c1. The van der Waals surface area contributed by atoms with Crippen LogP contribution in [0.15, 0.2) is 54.6 Å². The average molecular weight is 359 g/mol. The quantitative estimate of drug-likeness (QED) is 0.414. The van der Waals surface area contributed by atoms with Crippen LogP contribution in [-0.2, 0) is 0 Å². The van der Waals surface area contributed by atoms with E-state index in [1.54, 1.807) is 14.2 Å². The van der Waals surface area contributed by atoms with Crippen LogP contribution in [0.4, 0.5) is 0 Å². The zero-order valence-corrected chi connectivity index (χ0v) is 16.0. The highest BCUT2D eigenvalue weighted by atomic mass is 28.3. The first kappa shape index (κ1) is 16.6. The number of ether oxygens (including phenoxy) is 2. The molecule has 3 nitrogen and oxygen atoms in total. The van der Waals surface area contributed by atoms with Crippen molar-refractivity contribution < 1.29 is 14.3 Å². The Labute approximate surface area is 154 Å². The first-order valence-corrected chi connectivity index (χ1v) is 9.96. The van der Waals surface area contributed by atoms with Crippen LogP contribution in [-0.4, -0.2) is 29.3 Å². The van der Waals surface area contributed by atoms with Gasteiger partial charge in [0.15, 0.2) is 8.80 Å². The molecule has 0 saturated carbocycles. The molecule has 0 unspecified atom stereocenters. The summed E-state index contributed by atoms with van der Waals surface area (Å²) in [6.45, 7) is 2.11. The molecular formula is C22H19O3Si. The van der Waals surface area contributed by atoms with E-state index in [1.165, 1.54) is 32.3 Å². The van der Waals surface area contributed by atoms with Crippen LogP contribution < -0.4 is 25.0 Å². The average Bonchev–Trinajstić information content (AvgIpc) is 3.00. The van der Waals surface area contributed by atoms with E-state index in [4.69, 9.17) is 9.47 Å². The minimum Gasteiger partial charge on any atom is -0.497 e. The highest BCUT2D eigenvalue weighted by molar-refractivity contribution is 6.99. The monoisotopic (exact) mass is 359 g/mol. The second-order valence-corrected chi connectivity index (χ2v) is 8.79. The maximum absolute atomic E-state index is 11.3. The maximum Gasteiger partial charge on any atom is 0.161 e. The van der Waals surface area contributed by atoms with Crippen LogP contribution in [0.25, 0.3) is 11.1 Å². The predicted molar refractivity (Wildman–Crippen MR) is 106 cm³/mol. The molecule has 26 heavy (non-hydrogen) atoms. The smallest absolute Gasteiger partial charge is 0.161 e. The summed E-state index contributed by atoms with van der Waals surface area (Å²) >= 11 is 0. The molecule has 1 aliphatic heterocycles. The van der Waals surface area contributed by atoms with Crippen LogP contribution in [0.5, 0.6) is 11.5 Å². The molecule has 0 aromatic heterocycles. The van der Waals surface area contributed by atoms with Crippen molar-refractivity contribution in [2.75, 3.05) is 14.2 Å². The van der Waals surface area contributed by atoms with Gasteiger partial charge in [-0.25, -0.2) is 0 Å². The van der Waals surface area contributed by atoms with Crippen molar-refractivity contribution in [2.45, 2.75) is 6.92 Å². The second kappa shape index (κ2) is 6.46. The summed E-state index contributed by atoms with van der Waals surface area (Å²) in [4.78, 5) is 11.3. The molecule has 0 atom stereocenters. The van der Waals surface area contributed by atoms with Crippen molar-refractivity contribution in [3.63, 3.8) is 0 Å². The number of carbonyl (C=O) groups excluding carboxylic acids is 1. The number of hydrogen-bond donors (Lipinski definition) is 0. The van der Waals surface area contributed by atoms with Crippen LogP contribution >= 0.6 is 0 Å². The molecule has 0 amide bonds. The lowest BCUT2D eigenvalue weighted by Crippen LogP contribution is -2.49. The largest absolute Gasteiger partial charge is 0.497 e. The molecule has 0 N–H and O–H groups in total. The standard InChI is InChI=1S/C22H19O3Si/c1-14-7-8-21-18(9-14)19-11-16(24-2)12-20(25-3)22(19)26(21)17-6-4-5-15(10-17)13-23/h4-13H,1-3H3. The number of rotatable bonds is 4. The molecule has 0 spiro atoms. The van der Waals surface area contributed by atoms with Crippen molar-refractivity contribution in [1.82, 2.24) is 0 Å². The van der Waals surface area contributed by atoms with E-state index in [0.717, 1.165) is 17.8 Å². The number of hydrogen-bond acceptors (Lipinski definition) is 3. The van der Waals surface area contributed by atoms with E-state index < -0.39 is 8.80 Å². The molecule has 0 fully saturated rings. The Morgan fingerprint density at radius 3 is 2.50 bits per heavy atom. The molecule has 3 aromatic rings. The highest BCUT2D eigenvalue weighted by Crippen LogP contribution is 2.32. The number of carbonyl (C=O) groups is 1. The van der Waals surface area contributed by atoms with E-state index in [9.17, 15) is 4.79 Å². The van der Waals surface area contributed by atoms with Gasteiger partial charge in [0.25, 0.3) is 0 Å². The number of methoxy groups -OCH3 is 2. The lowest BCUT2D eigenvalue weighted by atomic mass is 10.0. The van der Waals surface area contributed by atoms with Crippen molar-refractivity contribution in [2.24, 2.45) is 0 Å². The Morgan fingerprint density at radius 2 is 1.77 bits per heavy atom. The number of aryl methyl sites for hydroxylation is 1. The molecule has 0 bridgehead atoms. The van der Waals surface area contributed by atoms with Gasteiger partial charge in [-0.3, -0.25) is 4.79 Å². The Hall–Kier alpha value is -2.85. The third kappa shape index (κ3) is 2.54. The minimum atomic E-state index is -1.26. The van der Waals surface area contributed by atoms with Crippen LogP contribution in [0, 0.1) is 6.92 Å². The lowest BCUT2D eigenvalue weighted by Gasteiger charge is -2.16. The fraction of sp³-hybridized carbons (Fsp3) is 0.136. The molecule has 1 aliphatic rings. The van der Waals surface area contributed by atoms with Gasteiger partial charge >= 0.3 is 0 Å². The summed E-state index contributed by atoms with van der Waals surface area (Å²) in [6, 6.07) is 18.6. The van der Waals surface area contributed by atoms with Crippen molar-refractivity contribution in [3.05, 3.63) is 65.7 Å². The normalized spacial score (nSPS) is 12.4. The van der Waals surface area contributed by atoms with E-state index >= 15 is 0 Å². The molecule has 0 aliphatic carbocycles. The Balaban J connectivity index is 2.04. The molecule has 3 aromatic carbocycles. The third-order valence-electron chi connectivity index (χ3n) is 4.83. The summed E-state index contributed by atoms with van der Waals surface area (Å²) in [5, 5.41) is 3.74. The van der Waals surface area contributed by atoms with Gasteiger partial charge in [-0.05, 0) is 39.7 Å². The summed E-state index contributed by atoms with van der Waals surface area (Å²) in [6.07, 6.45) is 0.906. The molecule has 4 heteroatoms. The first-order chi connectivity index (χ1) is 12.7. The number of aldehydes is 1. The minimum absolute atomic E-state index is 0.703. The fourth-order valence-electron chi connectivity index (χ4n) is 3.64. The topological polar surface area (TPSA) is 35.5 Å². The van der Waals surface area contributed by atoms with Gasteiger partial charge in [0.05, 0.1) is 14.2 Å². The summed E-state index contributed by atoms with van der Waals surface area (Å²) < 4.78 is 11.2. The third-order valence-corrected chi connectivity index (χ3v) is 7.71. The molecular weight excluding hydrogens is 340 g/mol. The Morgan fingerprint density at radius 1 is 0.923 bits per heavy atom. The van der Waals surface area contributed by atoms with Crippen molar-refractivity contribution >= 4 is 30.6 Å². The fourth-order valence-corrected chi connectivity index (χ4v) is 6.71. The van der Waals surface area contributed by atoms with Gasteiger partial charge in [-0.2, -0.15) is 0 Å². The van der Waals surface area contributed by atoms with E-state index in [0.29, 0.717) is 5.56 Å². The van der Waals surface area contributed by atoms with Gasteiger partial charge in [-0.15, -0.1) is 0 Å². The van der Waals surface area contributed by atoms with Crippen LogP contribution in [0.2, 0.25) is 0 Å². The zero-order valence-electron chi connectivity index (χ0n) is 15.0. The van der Waals surface area contributed by atoms with Crippen LogP contribution in [0.1, 0.15) is 15.9 Å². The van der Waals surface area contributed by atoms with Gasteiger partial charge in [-0.1, -0.05) is 48.0 Å². The van der Waals surface area contributed by atoms with E-state index in [1.807, 2.05) is 24.3 Å². The summed E-state index contributed by atoms with van der Waals surface area (Å²) in [5.74, 6) is 1.64. The Kier molecular flexibility index (Phi) is 4.13. The molecule has 0 saturated heterocycles. The number of benzene rings is 3. The van der Waals surface area contributed by atoms with Gasteiger partial charge in [0.1, 0.15) is 17.8 Å². The molecule has 129 valence electrons. The molecule has 1 heterocycles. The van der Waals surface area contributed by atoms with Crippen molar-refractivity contribution in [1.29, 1.82) is 0 Å². The van der Waals surface area contributed by atoms with Gasteiger partial charge in [0, 0.05) is 11.6 Å². The molecule has 4 rings (SSSR count). The highest BCUT2D eigenvalue weighted by Gasteiger charge is 2.35. The second-order valence-electron chi connectivity index (χ2n) is 6.42. The number of fused-ring (bicyclic) bond motifs is 3. The van der Waals surface area contributed by atoms with E-state index in [-0.39, 0.29) is 0 Å². The zero-order chi connectivity index (χ0) is 18.3. The maximum atomic E-state index is 11.3. The van der Waals surface area contributed by atoms with E-state index in [2.05, 4.69) is 37.3 Å². The van der Waals surface area contributed by atoms with Gasteiger partial charge in [0.2, 0.25) is 0 Å². The lowest BCUT2D eigenvalue weighted by molar-refractivity contribution is 0.112. The first-order valence-electron chi connectivity index (χ1n) is 8.46.